The van der Waals surface area contributed by atoms with E-state index >= 15 is 0 Å². The van der Waals surface area contributed by atoms with Crippen molar-refractivity contribution in [3.63, 3.8) is 0 Å². The Kier molecular flexibility index (Phi) is 8.72. The number of fused-ring (bicyclic) bond motifs is 3. The standard InChI is InChI=1S/C55H43N3/c1-55(2,3)52-53(39-19-7-4-8-20-39)56-58(54(52)40-21-9-5-10-22-40)43-34-31-38(32-35-43)44-25-13-15-27-46(44)47-28-16-14-26-45(47)41-33-36-51-49(37-41)48-29-17-18-30-50(48)57(51)42-23-11-6-12-24-42/h4-37H,1-3H3. The van der Waals surface area contributed by atoms with Crippen LogP contribution in [-0.4, -0.2) is 14.3 Å². The van der Waals surface area contributed by atoms with Gasteiger partial charge < -0.3 is 4.57 Å². The molecule has 2 heterocycles. The van der Waals surface area contributed by atoms with Gasteiger partial charge in [-0.3, -0.25) is 0 Å². The van der Waals surface area contributed by atoms with Gasteiger partial charge in [-0.1, -0.05) is 185 Å². The molecule has 2 aromatic heterocycles. The SMILES string of the molecule is CC(C)(C)c1c(-c2ccccc2)nn(-c2ccc(-c3ccccc3-c3ccccc3-c3ccc4c(c3)c3ccccc3n4-c3ccccc3)cc2)c1-c1ccccc1. The Morgan fingerprint density at radius 1 is 0.379 bits per heavy atom. The summed E-state index contributed by atoms with van der Waals surface area (Å²) in [6, 6.07) is 74.1. The number of aromatic nitrogens is 3. The van der Waals surface area contributed by atoms with Crippen molar-refractivity contribution >= 4 is 21.8 Å². The highest BCUT2D eigenvalue weighted by atomic mass is 15.3. The van der Waals surface area contributed by atoms with Crippen LogP contribution in [0, 0.1) is 0 Å². The number of para-hydroxylation sites is 2. The van der Waals surface area contributed by atoms with Crippen LogP contribution in [0.2, 0.25) is 0 Å². The highest BCUT2D eigenvalue weighted by molar-refractivity contribution is 6.11. The van der Waals surface area contributed by atoms with E-state index in [9.17, 15) is 0 Å². The number of hydrogen-bond acceptors (Lipinski definition) is 1. The Morgan fingerprint density at radius 3 is 1.52 bits per heavy atom. The minimum atomic E-state index is -0.148. The van der Waals surface area contributed by atoms with E-state index in [-0.39, 0.29) is 5.41 Å². The molecule has 0 amide bonds. The molecular formula is C55H43N3. The van der Waals surface area contributed by atoms with Crippen molar-refractivity contribution in [3.8, 4) is 67.3 Å². The molecular weight excluding hydrogens is 703 g/mol. The molecule has 0 aliphatic carbocycles. The van der Waals surface area contributed by atoms with Crippen molar-refractivity contribution in [2.75, 3.05) is 0 Å². The lowest BCUT2D eigenvalue weighted by atomic mass is 9.82. The molecule has 10 rings (SSSR count). The van der Waals surface area contributed by atoms with Crippen molar-refractivity contribution in [2.24, 2.45) is 0 Å². The second-order valence-corrected chi connectivity index (χ2v) is 16.0. The van der Waals surface area contributed by atoms with Gasteiger partial charge >= 0.3 is 0 Å². The van der Waals surface area contributed by atoms with Gasteiger partial charge in [-0.05, 0) is 81.3 Å². The molecule has 8 aromatic carbocycles. The molecule has 0 atom stereocenters. The van der Waals surface area contributed by atoms with E-state index < -0.39 is 0 Å². The average molecular weight is 746 g/mol. The Morgan fingerprint density at radius 2 is 0.879 bits per heavy atom. The molecule has 0 N–H and O–H groups in total. The molecule has 0 radical (unpaired) electrons. The van der Waals surface area contributed by atoms with Crippen molar-refractivity contribution in [2.45, 2.75) is 26.2 Å². The van der Waals surface area contributed by atoms with E-state index in [0.29, 0.717) is 0 Å². The van der Waals surface area contributed by atoms with Crippen LogP contribution in [0.25, 0.3) is 89.1 Å². The second kappa shape index (κ2) is 14.4. The first-order chi connectivity index (χ1) is 28.4. The van der Waals surface area contributed by atoms with E-state index in [1.807, 2.05) is 0 Å². The van der Waals surface area contributed by atoms with E-state index in [4.69, 9.17) is 5.10 Å². The lowest BCUT2D eigenvalue weighted by Gasteiger charge is -2.22. The molecule has 3 nitrogen and oxygen atoms in total. The van der Waals surface area contributed by atoms with Crippen LogP contribution in [0.15, 0.2) is 206 Å². The lowest BCUT2D eigenvalue weighted by Crippen LogP contribution is -2.13. The maximum atomic E-state index is 5.38. The number of rotatable bonds is 7. The van der Waals surface area contributed by atoms with Crippen LogP contribution in [-0.2, 0) is 5.41 Å². The van der Waals surface area contributed by atoms with Crippen LogP contribution in [0.1, 0.15) is 26.3 Å². The summed E-state index contributed by atoms with van der Waals surface area (Å²) in [5, 5.41) is 7.87. The van der Waals surface area contributed by atoms with Gasteiger partial charge in [-0.15, -0.1) is 0 Å². The molecule has 0 aliphatic heterocycles. The summed E-state index contributed by atoms with van der Waals surface area (Å²) >= 11 is 0. The van der Waals surface area contributed by atoms with E-state index in [0.717, 1.165) is 39.5 Å². The van der Waals surface area contributed by atoms with Crippen molar-refractivity contribution in [1.82, 2.24) is 14.3 Å². The summed E-state index contributed by atoms with van der Waals surface area (Å²) in [6.45, 7) is 6.85. The maximum absolute atomic E-state index is 5.38. The lowest BCUT2D eigenvalue weighted by molar-refractivity contribution is 0.593. The predicted octanol–water partition coefficient (Wildman–Crippen LogP) is 14.6. The van der Waals surface area contributed by atoms with Crippen molar-refractivity contribution in [3.05, 3.63) is 212 Å². The third-order valence-electron chi connectivity index (χ3n) is 11.3. The quantitative estimate of drug-likeness (QED) is 0.159. The van der Waals surface area contributed by atoms with Gasteiger partial charge in [0.15, 0.2) is 0 Å². The zero-order valence-corrected chi connectivity index (χ0v) is 33.0. The third-order valence-corrected chi connectivity index (χ3v) is 11.3. The Hall–Kier alpha value is -7.23. The van der Waals surface area contributed by atoms with Gasteiger partial charge in [0.05, 0.1) is 28.1 Å². The fraction of sp³-hybridized carbons (Fsp3) is 0.0727. The Balaban J connectivity index is 1.08. The Bertz CT molecular complexity index is 3060. The molecule has 0 saturated heterocycles. The summed E-state index contributed by atoms with van der Waals surface area (Å²) in [4.78, 5) is 0. The normalized spacial score (nSPS) is 11.7. The van der Waals surface area contributed by atoms with E-state index in [1.54, 1.807) is 0 Å². The first-order valence-corrected chi connectivity index (χ1v) is 20.1. The predicted molar refractivity (Wildman–Crippen MR) is 244 cm³/mol. The molecule has 0 saturated carbocycles. The van der Waals surface area contributed by atoms with Crippen LogP contribution < -0.4 is 0 Å². The van der Waals surface area contributed by atoms with Gasteiger partial charge in [-0.25, -0.2) is 4.68 Å². The summed E-state index contributed by atoms with van der Waals surface area (Å²) in [5.74, 6) is 0. The summed E-state index contributed by atoms with van der Waals surface area (Å²) in [7, 11) is 0. The largest absolute Gasteiger partial charge is 0.309 e. The number of nitrogens with zero attached hydrogens (tertiary/aromatic N) is 3. The fourth-order valence-electron chi connectivity index (χ4n) is 8.69. The molecule has 0 fully saturated rings. The third kappa shape index (κ3) is 6.13. The van der Waals surface area contributed by atoms with E-state index in [1.165, 1.54) is 55.2 Å². The number of hydrogen-bond donors (Lipinski definition) is 0. The van der Waals surface area contributed by atoms with Crippen LogP contribution >= 0.6 is 0 Å². The fourth-order valence-corrected chi connectivity index (χ4v) is 8.69. The zero-order chi connectivity index (χ0) is 39.2. The van der Waals surface area contributed by atoms with Gasteiger partial charge in [0.25, 0.3) is 0 Å². The molecule has 3 heteroatoms. The summed E-state index contributed by atoms with van der Waals surface area (Å²) in [5.41, 5.74) is 17.2. The second-order valence-electron chi connectivity index (χ2n) is 16.0. The average Bonchev–Trinajstić information content (AvgIpc) is 3.85. The molecule has 278 valence electrons. The summed E-state index contributed by atoms with van der Waals surface area (Å²) < 4.78 is 4.52. The van der Waals surface area contributed by atoms with Crippen molar-refractivity contribution < 1.29 is 0 Å². The first kappa shape index (κ1) is 35.2. The molecule has 0 bridgehead atoms. The topological polar surface area (TPSA) is 22.8 Å². The highest BCUT2D eigenvalue weighted by Gasteiger charge is 2.30. The van der Waals surface area contributed by atoms with Crippen molar-refractivity contribution in [1.29, 1.82) is 0 Å². The maximum Gasteiger partial charge on any atom is 0.0971 e. The monoisotopic (exact) mass is 745 g/mol. The smallest absolute Gasteiger partial charge is 0.0971 e. The molecule has 0 spiro atoms. The zero-order valence-electron chi connectivity index (χ0n) is 33.0. The molecule has 58 heavy (non-hydrogen) atoms. The Labute approximate surface area is 340 Å². The minimum Gasteiger partial charge on any atom is -0.309 e. The highest BCUT2D eigenvalue weighted by Crippen LogP contribution is 2.43. The molecule has 0 aliphatic rings. The first-order valence-electron chi connectivity index (χ1n) is 20.1. The molecule has 10 aromatic rings. The van der Waals surface area contributed by atoms with Gasteiger partial charge in [0.2, 0.25) is 0 Å². The van der Waals surface area contributed by atoms with Crippen LogP contribution in [0.4, 0.5) is 0 Å². The van der Waals surface area contributed by atoms with Gasteiger partial charge in [0, 0.05) is 33.2 Å². The summed E-state index contributed by atoms with van der Waals surface area (Å²) in [6.07, 6.45) is 0. The van der Waals surface area contributed by atoms with Gasteiger partial charge in [-0.2, -0.15) is 5.10 Å². The van der Waals surface area contributed by atoms with Crippen LogP contribution in [0.5, 0.6) is 0 Å². The van der Waals surface area contributed by atoms with Crippen LogP contribution in [0.3, 0.4) is 0 Å². The van der Waals surface area contributed by atoms with E-state index in [2.05, 4.69) is 236 Å². The minimum absolute atomic E-state index is 0.148. The molecule has 0 unspecified atom stereocenters. The van der Waals surface area contributed by atoms with Gasteiger partial charge in [0.1, 0.15) is 0 Å². The number of benzene rings is 8.